The number of rotatable bonds is 3. The lowest BCUT2D eigenvalue weighted by Gasteiger charge is -2.30. The molecule has 18 heavy (non-hydrogen) atoms. The Morgan fingerprint density at radius 2 is 1.89 bits per heavy atom. The van der Waals surface area contributed by atoms with Crippen molar-refractivity contribution < 1.29 is 5.11 Å². The summed E-state index contributed by atoms with van der Waals surface area (Å²) in [5.74, 6) is 0.345. The van der Waals surface area contributed by atoms with E-state index in [0.29, 0.717) is 10.9 Å². The first-order valence-electron chi connectivity index (χ1n) is 6.37. The number of aliphatic hydroxyl groups is 1. The molecule has 0 radical (unpaired) electrons. The summed E-state index contributed by atoms with van der Waals surface area (Å²) in [6.07, 6.45) is 5.45. The second-order valence-electron chi connectivity index (χ2n) is 4.97. The summed E-state index contributed by atoms with van der Waals surface area (Å²) >= 11 is 5.94. The molecule has 2 nitrogen and oxygen atoms in total. The van der Waals surface area contributed by atoms with Crippen LogP contribution in [0.2, 0.25) is 5.02 Å². The first-order chi connectivity index (χ1) is 8.18. The van der Waals surface area contributed by atoms with Crippen molar-refractivity contribution in [1.29, 1.82) is 0 Å². The van der Waals surface area contributed by atoms with Crippen LogP contribution in [0.1, 0.15) is 43.7 Å². The Kier molecular flexibility index (Phi) is 6.44. The molecule has 1 aliphatic carbocycles. The summed E-state index contributed by atoms with van der Waals surface area (Å²) in [5, 5.41) is 11.0. The van der Waals surface area contributed by atoms with E-state index in [0.717, 1.165) is 18.4 Å². The van der Waals surface area contributed by atoms with Gasteiger partial charge in [0.1, 0.15) is 0 Å². The van der Waals surface area contributed by atoms with Gasteiger partial charge in [-0.25, -0.2) is 0 Å². The number of hydrogen-bond donors (Lipinski definition) is 2. The quantitative estimate of drug-likeness (QED) is 0.891. The van der Waals surface area contributed by atoms with Crippen molar-refractivity contribution >= 4 is 24.0 Å². The van der Waals surface area contributed by atoms with Gasteiger partial charge in [0, 0.05) is 5.02 Å². The van der Waals surface area contributed by atoms with Crippen molar-refractivity contribution in [2.75, 3.05) is 0 Å². The van der Waals surface area contributed by atoms with Gasteiger partial charge in [0.2, 0.25) is 0 Å². The minimum atomic E-state index is -0.450. The highest BCUT2D eigenvalue weighted by molar-refractivity contribution is 6.30. The summed E-state index contributed by atoms with van der Waals surface area (Å²) in [6, 6.07) is 7.16. The van der Waals surface area contributed by atoms with Crippen LogP contribution in [-0.2, 0) is 0 Å². The van der Waals surface area contributed by atoms with E-state index in [9.17, 15) is 5.11 Å². The van der Waals surface area contributed by atoms with Gasteiger partial charge in [0.05, 0.1) is 12.1 Å². The molecule has 0 spiro atoms. The Hall–Kier alpha value is -0.280. The molecule has 0 amide bonds. The van der Waals surface area contributed by atoms with Crippen molar-refractivity contribution in [3.05, 3.63) is 34.9 Å². The standard InChI is InChI=1S/C14H20ClNO.ClH/c15-12-8-4-7-11(9-12)13(16)14(17)10-5-2-1-3-6-10;/h4,7-10,13-14,17H,1-3,5-6,16H2;1H/t13-,14+;/m1./s1. The molecule has 0 aliphatic heterocycles. The zero-order valence-corrected chi connectivity index (χ0v) is 12.0. The highest BCUT2D eigenvalue weighted by atomic mass is 35.5. The highest BCUT2D eigenvalue weighted by Crippen LogP contribution is 2.31. The number of aliphatic hydroxyl groups excluding tert-OH is 1. The van der Waals surface area contributed by atoms with E-state index in [2.05, 4.69) is 0 Å². The van der Waals surface area contributed by atoms with Gasteiger partial charge in [0.15, 0.2) is 0 Å². The Morgan fingerprint density at radius 1 is 1.22 bits per heavy atom. The van der Waals surface area contributed by atoms with Gasteiger partial charge in [-0.15, -0.1) is 12.4 Å². The third-order valence-electron chi connectivity index (χ3n) is 3.73. The molecule has 1 fully saturated rings. The monoisotopic (exact) mass is 289 g/mol. The van der Waals surface area contributed by atoms with Crippen molar-refractivity contribution in [3.63, 3.8) is 0 Å². The molecule has 4 heteroatoms. The predicted molar refractivity (Wildman–Crippen MR) is 78.2 cm³/mol. The highest BCUT2D eigenvalue weighted by Gasteiger charge is 2.27. The normalized spacial score (nSPS) is 19.9. The molecule has 3 N–H and O–H groups in total. The minimum Gasteiger partial charge on any atom is -0.391 e. The average molecular weight is 290 g/mol. The maximum atomic E-state index is 10.3. The number of nitrogens with two attached hydrogens (primary N) is 1. The summed E-state index contributed by atoms with van der Waals surface area (Å²) in [5.41, 5.74) is 7.06. The molecule has 1 aromatic rings. The van der Waals surface area contributed by atoms with Gasteiger partial charge in [0.25, 0.3) is 0 Å². The van der Waals surface area contributed by atoms with E-state index in [4.69, 9.17) is 17.3 Å². The third kappa shape index (κ3) is 3.86. The number of benzene rings is 1. The molecule has 1 saturated carbocycles. The SMILES string of the molecule is Cl.N[C@H](c1cccc(Cl)c1)[C@@H](O)C1CCCCC1. The van der Waals surface area contributed by atoms with Gasteiger partial charge in [-0.05, 0) is 36.5 Å². The smallest absolute Gasteiger partial charge is 0.0760 e. The fraction of sp³-hybridized carbons (Fsp3) is 0.571. The molecular formula is C14H21Cl2NO. The molecular weight excluding hydrogens is 269 g/mol. The van der Waals surface area contributed by atoms with E-state index in [-0.39, 0.29) is 18.4 Å². The van der Waals surface area contributed by atoms with Gasteiger partial charge in [-0.1, -0.05) is 43.0 Å². The molecule has 2 atom stereocenters. The molecule has 0 bridgehead atoms. The van der Waals surface area contributed by atoms with Crippen molar-refractivity contribution in [3.8, 4) is 0 Å². The summed E-state index contributed by atoms with van der Waals surface area (Å²) in [7, 11) is 0. The average Bonchev–Trinajstić information content (AvgIpc) is 2.38. The molecule has 1 aromatic carbocycles. The van der Waals surface area contributed by atoms with Crippen LogP contribution in [0, 0.1) is 5.92 Å². The van der Waals surface area contributed by atoms with Crippen LogP contribution in [0.25, 0.3) is 0 Å². The summed E-state index contributed by atoms with van der Waals surface area (Å²) < 4.78 is 0. The fourth-order valence-electron chi connectivity index (χ4n) is 2.68. The maximum absolute atomic E-state index is 10.3. The van der Waals surface area contributed by atoms with E-state index in [1.165, 1.54) is 19.3 Å². The maximum Gasteiger partial charge on any atom is 0.0760 e. The Balaban J connectivity index is 0.00000162. The lowest BCUT2D eigenvalue weighted by molar-refractivity contribution is 0.0618. The van der Waals surface area contributed by atoms with Gasteiger partial charge in [-0.3, -0.25) is 0 Å². The van der Waals surface area contributed by atoms with E-state index in [1.807, 2.05) is 24.3 Å². The minimum absolute atomic E-state index is 0. The van der Waals surface area contributed by atoms with Crippen LogP contribution < -0.4 is 5.73 Å². The van der Waals surface area contributed by atoms with Crippen LogP contribution >= 0.6 is 24.0 Å². The van der Waals surface area contributed by atoms with Crippen molar-refractivity contribution in [2.24, 2.45) is 11.7 Å². The predicted octanol–water partition coefficient (Wildman–Crippen LogP) is 3.70. The Morgan fingerprint density at radius 3 is 2.50 bits per heavy atom. The van der Waals surface area contributed by atoms with Crippen molar-refractivity contribution in [2.45, 2.75) is 44.2 Å². The van der Waals surface area contributed by atoms with Gasteiger partial charge >= 0.3 is 0 Å². The van der Waals surface area contributed by atoms with Crippen molar-refractivity contribution in [1.82, 2.24) is 0 Å². The molecule has 0 unspecified atom stereocenters. The summed E-state index contributed by atoms with van der Waals surface area (Å²) in [6.45, 7) is 0. The molecule has 0 heterocycles. The number of hydrogen-bond acceptors (Lipinski definition) is 2. The van der Waals surface area contributed by atoms with Crippen LogP contribution in [0.3, 0.4) is 0 Å². The number of halogens is 2. The first-order valence-corrected chi connectivity index (χ1v) is 6.75. The first kappa shape index (κ1) is 15.8. The molecule has 1 aliphatic rings. The fourth-order valence-corrected chi connectivity index (χ4v) is 2.88. The second kappa shape index (κ2) is 7.34. The molecule has 2 rings (SSSR count). The zero-order valence-electron chi connectivity index (χ0n) is 10.4. The topological polar surface area (TPSA) is 46.2 Å². The Bertz CT molecular complexity index is 367. The molecule has 102 valence electrons. The van der Waals surface area contributed by atoms with Crippen LogP contribution in [-0.4, -0.2) is 11.2 Å². The van der Waals surface area contributed by atoms with Crippen LogP contribution in [0.5, 0.6) is 0 Å². The van der Waals surface area contributed by atoms with Gasteiger partial charge in [-0.2, -0.15) is 0 Å². The van der Waals surface area contributed by atoms with Crippen LogP contribution in [0.4, 0.5) is 0 Å². The van der Waals surface area contributed by atoms with E-state index in [1.54, 1.807) is 0 Å². The zero-order chi connectivity index (χ0) is 12.3. The largest absolute Gasteiger partial charge is 0.391 e. The van der Waals surface area contributed by atoms with E-state index >= 15 is 0 Å². The lowest BCUT2D eigenvalue weighted by atomic mass is 9.81. The van der Waals surface area contributed by atoms with E-state index < -0.39 is 6.10 Å². The molecule has 0 saturated heterocycles. The van der Waals surface area contributed by atoms with Crippen LogP contribution in [0.15, 0.2) is 24.3 Å². The Labute approximate surface area is 120 Å². The van der Waals surface area contributed by atoms with Gasteiger partial charge < -0.3 is 10.8 Å². The lowest BCUT2D eigenvalue weighted by Crippen LogP contribution is -2.34. The second-order valence-corrected chi connectivity index (χ2v) is 5.41. The third-order valence-corrected chi connectivity index (χ3v) is 3.97. The molecule has 0 aromatic heterocycles. The summed E-state index contributed by atoms with van der Waals surface area (Å²) in [4.78, 5) is 0.